The Morgan fingerprint density at radius 3 is 2.44 bits per heavy atom. The quantitative estimate of drug-likeness (QED) is 0.810. The van der Waals surface area contributed by atoms with E-state index in [0.29, 0.717) is 0 Å². The number of nitrogens with zero attached hydrogens (tertiary/aromatic N) is 2. The summed E-state index contributed by atoms with van der Waals surface area (Å²) in [6.07, 6.45) is 6.29. The van der Waals surface area contributed by atoms with Gasteiger partial charge in [-0.05, 0) is 47.4 Å². The Kier molecular flexibility index (Phi) is 6.53. The molecule has 1 aromatic rings. The van der Waals surface area contributed by atoms with Crippen LogP contribution in [0, 0.1) is 0 Å². The van der Waals surface area contributed by atoms with Gasteiger partial charge >= 0.3 is 0 Å². The molecule has 25 heavy (non-hydrogen) atoms. The van der Waals surface area contributed by atoms with Crippen molar-refractivity contribution in [2.45, 2.75) is 44.6 Å². The minimum absolute atomic E-state index is 0.0321. The topological polar surface area (TPSA) is 35.6 Å². The summed E-state index contributed by atoms with van der Waals surface area (Å²) in [4.78, 5) is 17.8. The number of amides is 1. The smallest absolute Gasteiger partial charge is 0.252 e. The number of piperazine rings is 1. The zero-order chi connectivity index (χ0) is 17.7. The average molecular weight is 408 g/mol. The van der Waals surface area contributed by atoms with E-state index in [1.165, 1.54) is 32.1 Å². The van der Waals surface area contributed by atoms with Gasteiger partial charge in [-0.25, -0.2) is 0 Å². The van der Waals surface area contributed by atoms with Crippen LogP contribution < -0.4 is 5.32 Å². The van der Waals surface area contributed by atoms with Gasteiger partial charge in [0.2, 0.25) is 0 Å². The molecule has 0 bridgehead atoms. The molecule has 0 radical (unpaired) electrons. The van der Waals surface area contributed by atoms with Crippen molar-refractivity contribution in [1.29, 1.82) is 0 Å². The van der Waals surface area contributed by atoms with Crippen molar-refractivity contribution < 1.29 is 4.79 Å². The number of halogens is 1. The highest BCUT2D eigenvalue weighted by Crippen LogP contribution is 2.34. The summed E-state index contributed by atoms with van der Waals surface area (Å²) in [5.41, 5.74) is 0.874. The molecule has 5 heteroatoms. The molecular formula is C20H30BrN3O. The first kappa shape index (κ1) is 18.9. The van der Waals surface area contributed by atoms with Crippen LogP contribution in [0.4, 0.5) is 0 Å². The fraction of sp³-hybridized carbons (Fsp3) is 0.650. The molecule has 1 saturated carbocycles. The molecule has 0 atom stereocenters. The summed E-state index contributed by atoms with van der Waals surface area (Å²) >= 11 is 3.49. The molecule has 1 amide bonds. The Morgan fingerprint density at radius 2 is 1.80 bits per heavy atom. The number of hydrogen-bond acceptors (Lipinski definition) is 3. The first-order valence-electron chi connectivity index (χ1n) is 9.65. The van der Waals surface area contributed by atoms with E-state index < -0.39 is 0 Å². The zero-order valence-electron chi connectivity index (χ0n) is 15.3. The lowest BCUT2D eigenvalue weighted by Gasteiger charge is -2.50. The highest BCUT2D eigenvalue weighted by Gasteiger charge is 2.39. The van der Waals surface area contributed by atoms with Gasteiger partial charge in [-0.3, -0.25) is 9.69 Å². The molecule has 0 aromatic heterocycles. The van der Waals surface area contributed by atoms with Crippen molar-refractivity contribution >= 4 is 21.8 Å². The molecular weight excluding hydrogens is 378 g/mol. The largest absolute Gasteiger partial charge is 0.350 e. The summed E-state index contributed by atoms with van der Waals surface area (Å²) in [7, 11) is 0. The number of benzene rings is 1. The Hall–Kier alpha value is -0.910. The van der Waals surface area contributed by atoms with Crippen molar-refractivity contribution in [3.8, 4) is 0 Å². The lowest BCUT2D eigenvalue weighted by molar-refractivity contribution is 0.00924. The average Bonchev–Trinajstić information content (AvgIpc) is 2.67. The number of carbonyl (C=O) groups excluding carboxylic acids is 1. The highest BCUT2D eigenvalue weighted by atomic mass is 79.9. The van der Waals surface area contributed by atoms with E-state index in [0.717, 1.165) is 49.3 Å². The van der Waals surface area contributed by atoms with E-state index >= 15 is 0 Å². The van der Waals surface area contributed by atoms with Crippen LogP contribution in [-0.2, 0) is 0 Å². The van der Waals surface area contributed by atoms with Crippen LogP contribution in [0.5, 0.6) is 0 Å². The van der Waals surface area contributed by atoms with Gasteiger partial charge in [-0.15, -0.1) is 0 Å². The van der Waals surface area contributed by atoms with Crippen molar-refractivity contribution in [1.82, 2.24) is 15.1 Å². The van der Waals surface area contributed by atoms with E-state index in [2.05, 4.69) is 38.0 Å². The van der Waals surface area contributed by atoms with Gasteiger partial charge in [-0.2, -0.15) is 0 Å². The lowest BCUT2D eigenvalue weighted by Crippen LogP contribution is -2.61. The number of rotatable bonds is 5. The number of hydrogen-bond donors (Lipinski definition) is 1. The second-order valence-corrected chi connectivity index (χ2v) is 8.22. The molecule has 1 aliphatic carbocycles. The summed E-state index contributed by atoms with van der Waals surface area (Å²) in [6.45, 7) is 8.69. The predicted octanol–water partition coefficient (Wildman–Crippen LogP) is 3.52. The molecule has 1 heterocycles. The molecule has 2 fully saturated rings. The first-order valence-corrected chi connectivity index (χ1v) is 10.4. The van der Waals surface area contributed by atoms with E-state index in [1.54, 1.807) is 0 Å². The van der Waals surface area contributed by atoms with Crippen molar-refractivity contribution in [2.75, 3.05) is 39.3 Å². The maximum atomic E-state index is 12.7. The lowest BCUT2D eigenvalue weighted by atomic mass is 9.79. The third-order valence-corrected chi connectivity index (χ3v) is 6.66. The number of nitrogens with one attached hydrogen (secondary N) is 1. The Balaban J connectivity index is 1.67. The van der Waals surface area contributed by atoms with Crippen molar-refractivity contribution in [3.63, 3.8) is 0 Å². The molecule has 2 aliphatic rings. The SMILES string of the molecule is CCN1CCN(C2(CNC(=O)c3ccccc3Br)CCCCC2)CC1. The maximum absolute atomic E-state index is 12.7. The van der Waals surface area contributed by atoms with E-state index in [-0.39, 0.29) is 11.4 Å². The van der Waals surface area contributed by atoms with Crippen LogP contribution in [0.15, 0.2) is 28.7 Å². The fourth-order valence-electron chi connectivity index (χ4n) is 4.34. The van der Waals surface area contributed by atoms with Gasteiger partial charge in [0.25, 0.3) is 5.91 Å². The van der Waals surface area contributed by atoms with E-state index in [1.807, 2.05) is 24.3 Å². The minimum atomic E-state index is 0.0321. The van der Waals surface area contributed by atoms with Gasteiger partial charge in [-0.1, -0.05) is 38.3 Å². The zero-order valence-corrected chi connectivity index (χ0v) is 16.9. The summed E-state index contributed by atoms with van der Waals surface area (Å²) in [5.74, 6) is 0.0321. The molecule has 138 valence electrons. The molecule has 1 N–H and O–H groups in total. The maximum Gasteiger partial charge on any atom is 0.252 e. The molecule has 1 saturated heterocycles. The van der Waals surface area contributed by atoms with Crippen LogP contribution in [0.1, 0.15) is 49.4 Å². The molecule has 1 aliphatic heterocycles. The van der Waals surface area contributed by atoms with E-state index in [9.17, 15) is 4.79 Å². The molecule has 0 spiro atoms. The summed E-state index contributed by atoms with van der Waals surface area (Å²) in [5, 5.41) is 3.25. The van der Waals surface area contributed by atoms with Gasteiger partial charge in [0.15, 0.2) is 0 Å². The van der Waals surface area contributed by atoms with Crippen LogP contribution in [0.2, 0.25) is 0 Å². The monoisotopic (exact) mass is 407 g/mol. The van der Waals surface area contributed by atoms with Gasteiger partial charge < -0.3 is 10.2 Å². The normalized spacial score (nSPS) is 21.8. The Morgan fingerprint density at radius 1 is 1.12 bits per heavy atom. The number of likely N-dealkylation sites (N-methyl/N-ethyl adjacent to an activating group) is 1. The van der Waals surface area contributed by atoms with Crippen LogP contribution in [0.3, 0.4) is 0 Å². The van der Waals surface area contributed by atoms with Crippen molar-refractivity contribution in [3.05, 3.63) is 34.3 Å². The minimum Gasteiger partial charge on any atom is -0.350 e. The van der Waals surface area contributed by atoms with Crippen LogP contribution in [0.25, 0.3) is 0 Å². The van der Waals surface area contributed by atoms with Crippen LogP contribution >= 0.6 is 15.9 Å². The summed E-state index contributed by atoms with van der Waals surface area (Å²) < 4.78 is 0.863. The third kappa shape index (κ3) is 4.44. The van der Waals surface area contributed by atoms with Gasteiger partial charge in [0, 0.05) is 42.7 Å². The second-order valence-electron chi connectivity index (χ2n) is 7.37. The van der Waals surface area contributed by atoms with Gasteiger partial charge in [0.05, 0.1) is 5.56 Å². The predicted molar refractivity (Wildman–Crippen MR) is 106 cm³/mol. The van der Waals surface area contributed by atoms with Crippen molar-refractivity contribution in [2.24, 2.45) is 0 Å². The first-order chi connectivity index (χ1) is 12.1. The van der Waals surface area contributed by atoms with Crippen LogP contribution in [-0.4, -0.2) is 60.5 Å². The second kappa shape index (κ2) is 8.65. The molecule has 1 aromatic carbocycles. The molecule has 0 unspecified atom stereocenters. The van der Waals surface area contributed by atoms with Gasteiger partial charge in [0.1, 0.15) is 0 Å². The van der Waals surface area contributed by atoms with E-state index in [4.69, 9.17) is 0 Å². The summed E-state index contributed by atoms with van der Waals surface area (Å²) in [6, 6.07) is 7.67. The number of carbonyl (C=O) groups is 1. The molecule has 4 nitrogen and oxygen atoms in total. The molecule has 3 rings (SSSR count). The standard InChI is InChI=1S/C20H30BrN3O/c1-2-23-12-14-24(15-13-23)20(10-6-3-7-11-20)16-22-19(25)17-8-4-5-9-18(17)21/h4-5,8-9H,2-3,6-7,10-16H2,1H3,(H,22,25). The fourth-order valence-corrected chi connectivity index (χ4v) is 4.80. The highest BCUT2D eigenvalue weighted by molar-refractivity contribution is 9.10. The Bertz CT molecular complexity index is 578. The Labute approximate surface area is 160 Å². The third-order valence-electron chi connectivity index (χ3n) is 5.97.